The number of ether oxygens (including phenoxy) is 2. The van der Waals surface area contributed by atoms with E-state index in [1.165, 1.54) is 0 Å². The van der Waals surface area contributed by atoms with Crippen molar-refractivity contribution in [3.8, 4) is 11.3 Å². The average molecular weight is 578 g/mol. The number of hydrogen-bond acceptors (Lipinski definition) is 8. The number of aromatic nitrogens is 2. The van der Waals surface area contributed by atoms with Gasteiger partial charge in [0.15, 0.2) is 0 Å². The predicted molar refractivity (Wildman–Crippen MR) is 163 cm³/mol. The van der Waals surface area contributed by atoms with Crippen molar-refractivity contribution < 1.29 is 24.2 Å². The van der Waals surface area contributed by atoms with E-state index < -0.39 is 5.60 Å². The Kier molecular flexibility index (Phi) is 11.1. The number of fused-ring (bicyclic) bond motifs is 1. The van der Waals surface area contributed by atoms with Crippen molar-refractivity contribution in [1.82, 2.24) is 20.6 Å². The Bertz CT molecular complexity index is 1320. The summed E-state index contributed by atoms with van der Waals surface area (Å²) < 4.78 is 10.6. The molecular weight excluding hydrogens is 534 g/mol. The van der Waals surface area contributed by atoms with Gasteiger partial charge in [0.05, 0.1) is 36.6 Å². The van der Waals surface area contributed by atoms with Crippen molar-refractivity contribution in [2.75, 3.05) is 44.8 Å². The van der Waals surface area contributed by atoms with Gasteiger partial charge in [-0.1, -0.05) is 18.2 Å². The number of para-hydroxylation sites is 1. The number of carbonyl (C=O) groups excluding carboxylic acids is 2. The molecule has 2 heterocycles. The molecule has 1 aromatic carbocycles. The second-order valence-corrected chi connectivity index (χ2v) is 11.7. The summed E-state index contributed by atoms with van der Waals surface area (Å²) in [5, 5.41) is 18.8. The van der Waals surface area contributed by atoms with Gasteiger partial charge in [-0.05, 0) is 82.6 Å². The molecule has 1 aliphatic rings. The molecule has 42 heavy (non-hydrogen) atoms. The third kappa shape index (κ3) is 9.39. The molecule has 4 N–H and O–H groups in total. The number of pyridine rings is 2. The molecule has 0 bridgehead atoms. The minimum absolute atomic E-state index is 0.00333. The SMILES string of the molecule is CC(C)(C)OC(=O)NCC1CCC(CNC(=O)c2cc(-c3ccc(NCCOCCO)nc3)nc3ccccc23)CC1. The number of benzene rings is 1. The van der Waals surface area contributed by atoms with E-state index in [-0.39, 0.29) is 18.6 Å². The van der Waals surface area contributed by atoms with Crippen LogP contribution < -0.4 is 16.0 Å². The second-order valence-electron chi connectivity index (χ2n) is 11.7. The van der Waals surface area contributed by atoms with E-state index in [9.17, 15) is 9.59 Å². The van der Waals surface area contributed by atoms with E-state index in [1.807, 2.05) is 63.2 Å². The molecule has 3 aromatic rings. The van der Waals surface area contributed by atoms with E-state index in [1.54, 1.807) is 6.20 Å². The molecule has 2 aromatic heterocycles. The number of anilines is 1. The van der Waals surface area contributed by atoms with Crippen LogP contribution in [0.4, 0.5) is 10.6 Å². The molecule has 0 atom stereocenters. The Balaban J connectivity index is 1.33. The summed E-state index contributed by atoms with van der Waals surface area (Å²) in [7, 11) is 0. The van der Waals surface area contributed by atoms with Gasteiger partial charge in [0.25, 0.3) is 5.91 Å². The largest absolute Gasteiger partial charge is 0.444 e. The van der Waals surface area contributed by atoms with Gasteiger partial charge in [-0.25, -0.2) is 14.8 Å². The van der Waals surface area contributed by atoms with E-state index in [0.29, 0.717) is 61.8 Å². The zero-order valence-corrected chi connectivity index (χ0v) is 24.8. The number of nitrogens with zero attached hydrogens (tertiary/aromatic N) is 2. The minimum atomic E-state index is -0.503. The molecule has 1 saturated carbocycles. The van der Waals surface area contributed by atoms with Crippen LogP contribution in [-0.4, -0.2) is 72.1 Å². The number of rotatable bonds is 12. The highest BCUT2D eigenvalue weighted by Crippen LogP contribution is 2.29. The molecule has 0 unspecified atom stereocenters. The van der Waals surface area contributed by atoms with Crippen LogP contribution in [0.15, 0.2) is 48.7 Å². The number of aliphatic hydroxyl groups is 1. The van der Waals surface area contributed by atoms with E-state index in [0.717, 1.165) is 42.1 Å². The Morgan fingerprint density at radius 1 is 0.976 bits per heavy atom. The fourth-order valence-corrected chi connectivity index (χ4v) is 5.09. The van der Waals surface area contributed by atoms with Gasteiger partial charge in [-0.2, -0.15) is 0 Å². The predicted octanol–water partition coefficient (Wildman–Crippen LogP) is 4.78. The van der Waals surface area contributed by atoms with Crippen LogP contribution in [0.5, 0.6) is 0 Å². The molecule has 10 heteroatoms. The van der Waals surface area contributed by atoms with Crippen LogP contribution in [0.25, 0.3) is 22.2 Å². The summed E-state index contributed by atoms with van der Waals surface area (Å²) in [4.78, 5) is 34.7. The molecule has 1 fully saturated rings. The van der Waals surface area contributed by atoms with Gasteiger partial charge >= 0.3 is 6.09 Å². The quantitative estimate of drug-likeness (QED) is 0.226. The number of alkyl carbamates (subject to hydrolysis) is 1. The van der Waals surface area contributed by atoms with Crippen molar-refractivity contribution in [2.24, 2.45) is 11.8 Å². The number of aliphatic hydroxyl groups excluding tert-OH is 1. The third-order valence-electron chi connectivity index (χ3n) is 7.26. The fourth-order valence-electron chi connectivity index (χ4n) is 5.09. The first-order chi connectivity index (χ1) is 20.2. The fraction of sp³-hybridized carbons (Fsp3) is 0.500. The topological polar surface area (TPSA) is 135 Å². The lowest BCUT2D eigenvalue weighted by Gasteiger charge is -2.29. The third-order valence-corrected chi connectivity index (χ3v) is 7.26. The lowest BCUT2D eigenvalue weighted by atomic mass is 9.82. The van der Waals surface area contributed by atoms with E-state index >= 15 is 0 Å². The molecule has 1 aliphatic carbocycles. The molecule has 2 amide bonds. The number of amides is 2. The maximum atomic E-state index is 13.4. The standard InChI is InChI=1S/C32H43N5O5/c1-32(2,3)42-31(40)36-20-23-10-8-22(9-11-23)19-35-30(39)26-18-28(37-27-7-5-4-6-25(26)27)24-12-13-29(34-21-24)33-14-16-41-17-15-38/h4-7,12-13,18,21-23,38H,8-11,14-17,19-20H2,1-3H3,(H,33,34)(H,35,39)(H,36,40). The minimum Gasteiger partial charge on any atom is -0.444 e. The van der Waals surface area contributed by atoms with Gasteiger partial charge in [0.1, 0.15) is 11.4 Å². The van der Waals surface area contributed by atoms with Gasteiger partial charge in [0, 0.05) is 36.8 Å². The first-order valence-corrected chi connectivity index (χ1v) is 14.8. The van der Waals surface area contributed by atoms with Crippen LogP contribution in [-0.2, 0) is 9.47 Å². The smallest absolute Gasteiger partial charge is 0.407 e. The number of nitrogens with one attached hydrogen (secondary N) is 3. The van der Waals surface area contributed by atoms with Crippen LogP contribution in [0, 0.1) is 11.8 Å². The maximum Gasteiger partial charge on any atom is 0.407 e. The molecule has 226 valence electrons. The van der Waals surface area contributed by atoms with Gasteiger partial charge in [0.2, 0.25) is 0 Å². The molecule has 0 saturated heterocycles. The van der Waals surface area contributed by atoms with Crippen LogP contribution in [0.1, 0.15) is 56.8 Å². The van der Waals surface area contributed by atoms with Gasteiger partial charge < -0.3 is 30.5 Å². The molecule has 0 radical (unpaired) electrons. The summed E-state index contributed by atoms with van der Waals surface area (Å²) in [5.41, 5.74) is 2.34. The highest BCUT2D eigenvalue weighted by Gasteiger charge is 2.24. The lowest BCUT2D eigenvalue weighted by molar-refractivity contribution is 0.0512. The zero-order chi connectivity index (χ0) is 30.0. The van der Waals surface area contributed by atoms with Crippen molar-refractivity contribution in [2.45, 2.75) is 52.1 Å². The van der Waals surface area contributed by atoms with Gasteiger partial charge in [-0.15, -0.1) is 0 Å². The molecular formula is C32H43N5O5. The van der Waals surface area contributed by atoms with Crippen molar-refractivity contribution in [3.63, 3.8) is 0 Å². The van der Waals surface area contributed by atoms with E-state index in [2.05, 4.69) is 20.9 Å². The summed E-state index contributed by atoms with van der Waals surface area (Å²) in [5.74, 6) is 1.42. The average Bonchev–Trinajstić information content (AvgIpc) is 2.98. The van der Waals surface area contributed by atoms with Crippen LogP contribution in [0.3, 0.4) is 0 Å². The second kappa shape index (κ2) is 14.9. The Morgan fingerprint density at radius 2 is 1.69 bits per heavy atom. The van der Waals surface area contributed by atoms with Gasteiger partial charge in [-0.3, -0.25) is 4.79 Å². The zero-order valence-electron chi connectivity index (χ0n) is 24.8. The molecule has 10 nitrogen and oxygen atoms in total. The normalized spacial score (nSPS) is 17.0. The summed E-state index contributed by atoms with van der Waals surface area (Å²) >= 11 is 0. The highest BCUT2D eigenvalue weighted by molar-refractivity contribution is 6.07. The Morgan fingerprint density at radius 3 is 2.36 bits per heavy atom. The van der Waals surface area contributed by atoms with Crippen molar-refractivity contribution >= 4 is 28.7 Å². The monoisotopic (exact) mass is 577 g/mol. The van der Waals surface area contributed by atoms with Crippen molar-refractivity contribution in [3.05, 3.63) is 54.2 Å². The summed E-state index contributed by atoms with van der Waals surface area (Å²) in [6.45, 7) is 8.17. The molecule has 4 rings (SSSR count). The molecule has 0 aliphatic heterocycles. The lowest BCUT2D eigenvalue weighted by Crippen LogP contribution is -2.37. The highest BCUT2D eigenvalue weighted by atomic mass is 16.6. The first-order valence-electron chi connectivity index (χ1n) is 14.8. The molecule has 0 spiro atoms. The number of hydrogen-bond donors (Lipinski definition) is 4. The summed E-state index contributed by atoms with van der Waals surface area (Å²) in [6.07, 6.45) is 5.39. The Labute approximate surface area is 247 Å². The Hall–Kier alpha value is -3.76. The first kappa shape index (κ1) is 31.2. The van der Waals surface area contributed by atoms with Crippen molar-refractivity contribution in [1.29, 1.82) is 0 Å². The number of carbonyl (C=O) groups is 2. The van der Waals surface area contributed by atoms with Crippen LogP contribution in [0.2, 0.25) is 0 Å². The summed E-state index contributed by atoms with van der Waals surface area (Å²) in [6, 6.07) is 13.3. The van der Waals surface area contributed by atoms with Crippen LogP contribution >= 0.6 is 0 Å². The van der Waals surface area contributed by atoms with E-state index in [4.69, 9.17) is 19.6 Å². The maximum absolute atomic E-state index is 13.4.